The summed E-state index contributed by atoms with van der Waals surface area (Å²) in [4.78, 5) is 1.59. The third-order valence-corrected chi connectivity index (χ3v) is 7.62. The van der Waals surface area contributed by atoms with E-state index < -0.39 is 16.1 Å². The summed E-state index contributed by atoms with van der Waals surface area (Å²) in [6.45, 7) is 4.31. The molecule has 2 aromatic carbocycles. The zero-order valence-corrected chi connectivity index (χ0v) is 17.8. The van der Waals surface area contributed by atoms with Crippen LogP contribution in [-0.2, 0) is 27.7 Å². The van der Waals surface area contributed by atoms with E-state index in [1.165, 1.54) is 20.3 Å². The van der Waals surface area contributed by atoms with Crippen molar-refractivity contribution in [2.75, 3.05) is 46.0 Å². The van der Waals surface area contributed by atoms with Crippen molar-refractivity contribution in [3.05, 3.63) is 59.7 Å². The highest BCUT2D eigenvalue weighted by Crippen LogP contribution is 2.20. The number of aliphatic hydroxyl groups is 1. The molecule has 1 fully saturated rings. The molecule has 2 aliphatic rings. The van der Waals surface area contributed by atoms with Gasteiger partial charge in [0.05, 0.1) is 24.7 Å². The van der Waals surface area contributed by atoms with Crippen molar-refractivity contribution in [1.29, 1.82) is 0 Å². The van der Waals surface area contributed by atoms with E-state index in [-0.39, 0.29) is 11.5 Å². The van der Waals surface area contributed by atoms with Crippen LogP contribution in [0.1, 0.15) is 11.1 Å². The van der Waals surface area contributed by atoms with E-state index in [1.54, 1.807) is 24.3 Å². The van der Waals surface area contributed by atoms with Crippen molar-refractivity contribution in [1.82, 2.24) is 4.31 Å². The Labute approximate surface area is 177 Å². The van der Waals surface area contributed by atoms with Crippen LogP contribution in [0, 0.1) is 0 Å². The summed E-state index contributed by atoms with van der Waals surface area (Å²) in [6.07, 6.45) is 0.444. The second-order valence-electron chi connectivity index (χ2n) is 7.85. The zero-order chi connectivity index (χ0) is 21.0. The molecule has 8 heteroatoms. The van der Waals surface area contributed by atoms with Gasteiger partial charge in [0.15, 0.2) is 0 Å². The number of hydrogen-bond donors (Lipinski definition) is 2. The summed E-state index contributed by atoms with van der Waals surface area (Å²) in [5.74, 6) is 0.550. The molecular formula is C22H29N2O5S+. The minimum absolute atomic E-state index is 0.181. The van der Waals surface area contributed by atoms with Crippen molar-refractivity contribution >= 4 is 10.0 Å². The molecular weight excluding hydrogens is 404 g/mol. The van der Waals surface area contributed by atoms with Gasteiger partial charge in [-0.2, -0.15) is 4.31 Å². The van der Waals surface area contributed by atoms with Crippen LogP contribution in [0.15, 0.2) is 53.4 Å². The number of ether oxygens (including phenoxy) is 2. The molecule has 1 unspecified atom stereocenters. The van der Waals surface area contributed by atoms with E-state index in [9.17, 15) is 13.5 Å². The van der Waals surface area contributed by atoms with E-state index in [0.717, 1.165) is 19.5 Å². The number of benzene rings is 2. The summed E-state index contributed by atoms with van der Waals surface area (Å²) in [6, 6.07) is 14.9. The monoisotopic (exact) mass is 433 g/mol. The number of fused-ring (bicyclic) bond motifs is 1. The van der Waals surface area contributed by atoms with Crippen LogP contribution in [0.3, 0.4) is 0 Å². The van der Waals surface area contributed by atoms with Crippen molar-refractivity contribution in [2.24, 2.45) is 0 Å². The molecule has 0 bridgehead atoms. The fourth-order valence-electron chi connectivity index (χ4n) is 4.05. The maximum atomic E-state index is 12.7. The number of nitrogens with zero attached hydrogens (tertiary/aromatic N) is 1. The molecule has 2 N–H and O–H groups in total. The molecule has 0 radical (unpaired) electrons. The molecule has 2 aliphatic heterocycles. The average Bonchev–Trinajstić information content (AvgIpc) is 2.78. The Balaban J connectivity index is 1.28. The maximum absolute atomic E-state index is 12.7. The van der Waals surface area contributed by atoms with Gasteiger partial charge in [-0.15, -0.1) is 0 Å². The van der Waals surface area contributed by atoms with Gasteiger partial charge in [0.25, 0.3) is 0 Å². The molecule has 2 heterocycles. The van der Waals surface area contributed by atoms with Crippen LogP contribution in [0.4, 0.5) is 0 Å². The van der Waals surface area contributed by atoms with Crippen LogP contribution < -0.4 is 9.64 Å². The molecule has 0 saturated carbocycles. The zero-order valence-electron chi connectivity index (χ0n) is 17.0. The Morgan fingerprint density at radius 3 is 2.50 bits per heavy atom. The summed E-state index contributed by atoms with van der Waals surface area (Å²) in [5.41, 5.74) is 2.75. The highest BCUT2D eigenvalue weighted by Gasteiger charge is 2.26. The number of quaternary nitrogens is 1. The van der Waals surface area contributed by atoms with Crippen molar-refractivity contribution < 1.29 is 27.9 Å². The van der Waals surface area contributed by atoms with Crippen LogP contribution in [0.2, 0.25) is 0 Å². The van der Waals surface area contributed by atoms with Gasteiger partial charge in [-0.05, 0) is 29.8 Å². The summed E-state index contributed by atoms with van der Waals surface area (Å²) in [5, 5.41) is 10.4. The fraction of sp³-hybridized carbons (Fsp3) is 0.455. The first kappa shape index (κ1) is 21.3. The molecule has 0 aliphatic carbocycles. The lowest BCUT2D eigenvalue weighted by molar-refractivity contribution is -0.918. The molecule has 0 spiro atoms. The highest BCUT2D eigenvalue weighted by molar-refractivity contribution is 7.89. The van der Waals surface area contributed by atoms with Gasteiger partial charge in [-0.1, -0.05) is 24.3 Å². The van der Waals surface area contributed by atoms with Gasteiger partial charge in [0.1, 0.15) is 31.5 Å². The lowest BCUT2D eigenvalue weighted by Crippen LogP contribution is -3.13. The first-order valence-corrected chi connectivity index (χ1v) is 11.9. The largest absolute Gasteiger partial charge is 0.491 e. The van der Waals surface area contributed by atoms with E-state index >= 15 is 0 Å². The van der Waals surface area contributed by atoms with Crippen LogP contribution in [0.25, 0.3) is 0 Å². The third-order valence-electron chi connectivity index (χ3n) is 5.70. The Morgan fingerprint density at radius 2 is 1.77 bits per heavy atom. The van der Waals surface area contributed by atoms with E-state index in [0.29, 0.717) is 38.6 Å². The second kappa shape index (κ2) is 9.45. The Morgan fingerprint density at radius 1 is 1.07 bits per heavy atom. The SMILES string of the molecule is O=S(=O)(c1ccc(OC[C@@H](O)C[NH+]2CCc3ccccc3C2)cc1)N1CCOCC1. The third kappa shape index (κ3) is 5.01. The van der Waals surface area contributed by atoms with Crippen LogP contribution >= 0.6 is 0 Å². The molecule has 30 heavy (non-hydrogen) atoms. The first-order valence-electron chi connectivity index (χ1n) is 10.4. The number of rotatable bonds is 7. The molecule has 2 aromatic rings. The van der Waals surface area contributed by atoms with Gasteiger partial charge in [-0.25, -0.2) is 8.42 Å². The van der Waals surface area contributed by atoms with Gasteiger partial charge in [-0.3, -0.25) is 0 Å². The van der Waals surface area contributed by atoms with Crippen molar-refractivity contribution in [2.45, 2.75) is 24.0 Å². The molecule has 7 nitrogen and oxygen atoms in total. The predicted molar refractivity (Wildman–Crippen MR) is 112 cm³/mol. The molecule has 162 valence electrons. The molecule has 4 rings (SSSR count). The van der Waals surface area contributed by atoms with Crippen molar-refractivity contribution in [3.63, 3.8) is 0 Å². The minimum Gasteiger partial charge on any atom is -0.491 e. The smallest absolute Gasteiger partial charge is 0.243 e. The standard InChI is InChI=1S/C22H28N2O5S/c25-20(16-23-10-9-18-3-1-2-4-19(18)15-23)17-29-21-5-7-22(8-6-21)30(26,27)24-11-13-28-14-12-24/h1-8,20,25H,9-17H2/p+1/t20-/m0/s1. The summed E-state index contributed by atoms with van der Waals surface area (Å²) >= 11 is 0. The number of aliphatic hydroxyl groups excluding tert-OH is 1. The Kier molecular flexibility index (Phi) is 6.70. The lowest BCUT2D eigenvalue weighted by Gasteiger charge is -2.27. The Bertz CT molecular complexity index is 942. The number of hydrogen-bond acceptors (Lipinski definition) is 5. The molecule has 2 atom stereocenters. The molecule has 0 amide bonds. The molecule has 1 saturated heterocycles. The minimum atomic E-state index is -3.51. The summed E-state index contributed by atoms with van der Waals surface area (Å²) in [7, 11) is -3.51. The predicted octanol–water partition coefficient (Wildman–Crippen LogP) is 0.0884. The quantitative estimate of drug-likeness (QED) is 0.647. The number of nitrogens with one attached hydrogen (secondary N) is 1. The van der Waals surface area contributed by atoms with E-state index in [4.69, 9.17) is 9.47 Å². The lowest BCUT2D eigenvalue weighted by atomic mass is 10.00. The van der Waals surface area contributed by atoms with Gasteiger partial charge in [0.2, 0.25) is 10.0 Å². The Hall–Kier alpha value is -1.97. The van der Waals surface area contributed by atoms with Gasteiger partial charge in [0, 0.05) is 25.1 Å². The van der Waals surface area contributed by atoms with Crippen LogP contribution in [-0.4, -0.2) is 69.9 Å². The van der Waals surface area contributed by atoms with Crippen molar-refractivity contribution in [3.8, 4) is 5.75 Å². The normalized spacial score (nSPS) is 21.0. The van der Waals surface area contributed by atoms with E-state index in [2.05, 4.69) is 24.3 Å². The fourth-order valence-corrected chi connectivity index (χ4v) is 5.45. The topological polar surface area (TPSA) is 80.5 Å². The summed E-state index contributed by atoms with van der Waals surface area (Å²) < 4.78 is 37.7. The number of morpholine rings is 1. The van der Waals surface area contributed by atoms with Gasteiger partial charge >= 0.3 is 0 Å². The van der Waals surface area contributed by atoms with Gasteiger partial charge < -0.3 is 19.5 Å². The average molecular weight is 434 g/mol. The van der Waals surface area contributed by atoms with Crippen LogP contribution in [0.5, 0.6) is 5.75 Å². The highest BCUT2D eigenvalue weighted by atomic mass is 32.2. The maximum Gasteiger partial charge on any atom is 0.243 e. The number of sulfonamides is 1. The second-order valence-corrected chi connectivity index (χ2v) is 9.79. The van der Waals surface area contributed by atoms with E-state index in [1.807, 2.05) is 0 Å². The first-order chi connectivity index (χ1) is 14.5. The molecule has 0 aromatic heterocycles.